The van der Waals surface area contributed by atoms with Crippen molar-refractivity contribution in [2.75, 3.05) is 80.6 Å². The van der Waals surface area contributed by atoms with Crippen molar-refractivity contribution in [2.24, 2.45) is 5.92 Å². The van der Waals surface area contributed by atoms with E-state index >= 15 is 0 Å². The monoisotopic (exact) mass is 1140 g/mol. The number of hydrogen-bond acceptors (Lipinski definition) is 11. The molecule has 6 rings (SSSR count). The normalized spacial score (nSPS) is 15.4. The Balaban J connectivity index is -0.000000290. The summed E-state index contributed by atoms with van der Waals surface area (Å²) in [5.74, 6) is -2.05. The topological polar surface area (TPSA) is 206 Å². The zero-order chi connectivity index (χ0) is 51.3. The van der Waals surface area contributed by atoms with E-state index in [4.69, 9.17) is 15.3 Å². The number of benzene rings is 4. The summed E-state index contributed by atoms with van der Waals surface area (Å²) in [5.41, 5.74) is 10.5. The number of allylic oxidation sites excluding steroid dienone is 4. The quantitative estimate of drug-likeness (QED) is 0.0370. The Labute approximate surface area is 588 Å². The third kappa shape index (κ3) is 27.6. The van der Waals surface area contributed by atoms with Gasteiger partial charge in [-0.2, -0.15) is 6.66 Å². The number of rotatable bonds is 18. The van der Waals surface area contributed by atoms with Crippen LogP contribution >= 0.6 is 17.2 Å². The number of nitrogens with zero attached hydrogens (tertiary/aromatic N) is 4. The molecule has 4 aromatic rings. The summed E-state index contributed by atoms with van der Waals surface area (Å²) < 4.78 is 0. The number of aliphatic carboxylic acids is 3. The number of ketones is 2. The maximum Gasteiger partial charge on any atom is 1.00 e. The second kappa shape index (κ2) is 41.8. The Hall–Kier alpha value is -1.08. The van der Waals surface area contributed by atoms with Crippen molar-refractivity contribution in [2.45, 2.75) is 45.4 Å². The van der Waals surface area contributed by atoms with Gasteiger partial charge in [0, 0.05) is 86.3 Å². The van der Waals surface area contributed by atoms with Crippen LogP contribution in [0.15, 0.2) is 119 Å². The molecule has 0 saturated heterocycles. The molecule has 4 N–H and O–H groups in total. The molecule has 76 heavy (non-hydrogen) atoms. The van der Waals surface area contributed by atoms with Crippen LogP contribution in [0.25, 0.3) is 24.3 Å². The van der Waals surface area contributed by atoms with E-state index < -0.39 is 17.9 Å². The molecule has 2 unspecified atom stereocenters. The molecule has 384 valence electrons. The first-order valence-electron chi connectivity index (χ1n) is 22.9. The molecule has 0 heterocycles. The number of anilines is 4. The van der Waals surface area contributed by atoms with Gasteiger partial charge in [-0.3, -0.25) is 24.0 Å². The Kier molecular flexibility index (Phi) is 43.6. The molecule has 4 aromatic carbocycles. The molecular formula is C55H68KN4Na4O10P2-. The summed E-state index contributed by atoms with van der Waals surface area (Å²) >= 11 is 0. The van der Waals surface area contributed by atoms with Crippen LogP contribution in [0.3, 0.4) is 0 Å². The van der Waals surface area contributed by atoms with Gasteiger partial charge in [0.15, 0.2) is 11.6 Å². The summed E-state index contributed by atoms with van der Waals surface area (Å²) in [4.78, 5) is 76.3. The Bertz CT molecular complexity index is 2520. The molecule has 2 fully saturated rings. The van der Waals surface area contributed by atoms with Gasteiger partial charge in [-0.25, -0.2) is 6.29 Å². The maximum atomic E-state index is 13.2. The molecule has 2 aliphatic rings. The van der Waals surface area contributed by atoms with Crippen molar-refractivity contribution in [1.29, 1.82) is 0 Å². The molecule has 0 amide bonds. The van der Waals surface area contributed by atoms with Crippen LogP contribution in [0, 0.1) is 5.92 Å². The van der Waals surface area contributed by atoms with Crippen LogP contribution < -0.4 is 189 Å². The van der Waals surface area contributed by atoms with E-state index in [1.807, 2.05) is 163 Å². The van der Waals surface area contributed by atoms with Crippen LogP contribution in [-0.2, 0) is 28.8 Å². The van der Waals surface area contributed by atoms with Crippen LogP contribution in [-0.4, -0.2) is 118 Å². The van der Waals surface area contributed by atoms with Gasteiger partial charge in [0.05, 0.1) is 12.8 Å². The number of Topliss-reactive ketones (excluding diaryl/α,β-unsaturated/α-hetero) is 2. The van der Waals surface area contributed by atoms with E-state index in [0.29, 0.717) is 31.8 Å². The van der Waals surface area contributed by atoms with Crippen molar-refractivity contribution in [3.05, 3.63) is 142 Å². The van der Waals surface area contributed by atoms with Gasteiger partial charge < -0.3 is 66.7 Å². The summed E-state index contributed by atoms with van der Waals surface area (Å²) in [6, 6.07) is 30.8. The summed E-state index contributed by atoms with van der Waals surface area (Å²) in [7, 11) is 11.2. The first kappa shape index (κ1) is 79.1. The molecule has 0 aromatic heterocycles. The van der Waals surface area contributed by atoms with Gasteiger partial charge >= 0.3 is 188 Å². The van der Waals surface area contributed by atoms with Crippen LogP contribution in [0.5, 0.6) is 0 Å². The molecule has 0 spiro atoms. The third-order valence-electron chi connectivity index (χ3n) is 11.7. The molecule has 0 aliphatic heterocycles. The average molecular weight is 1140 g/mol. The second-order valence-corrected chi connectivity index (χ2v) is 19.4. The Morgan fingerprint density at radius 2 is 0.842 bits per heavy atom. The number of carboxylic acid groups (broad SMARTS) is 3. The first-order chi connectivity index (χ1) is 33.4. The number of likely N-dealkylation sites (N-methyl/N-ethyl adjacent to an activating group) is 2. The van der Waals surface area contributed by atoms with E-state index in [-0.39, 0.29) is 217 Å². The number of carbonyl (C=O) groups excluding carboxylic acids is 3. The van der Waals surface area contributed by atoms with Crippen molar-refractivity contribution in [3.8, 4) is 0 Å². The Morgan fingerprint density at radius 3 is 1.13 bits per heavy atom. The molecule has 14 nitrogen and oxygen atoms in total. The third-order valence-corrected chi connectivity index (χ3v) is 11.7. The Morgan fingerprint density at radius 1 is 0.566 bits per heavy atom. The van der Waals surface area contributed by atoms with Gasteiger partial charge in [-0.05, 0) is 127 Å². The fourth-order valence-electron chi connectivity index (χ4n) is 7.81. The summed E-state index contributed by atoms with van der Waals surface area (Å²) in [6.07, 6.45) is 12.6. The smallest absolute Gasteiger partial charge is 1.00 e. The summed E-state index contributed by atoms with van der Waals surface area (Å²) in [5, 5.41) is 26.6. The molecule has 21 heteroatoms. The molecule has 2 atom stereocenters. The van der Waals surface area contributed by atoms with E-state index in [0.717, 1.165) is 80.1 Å². The van der Waals surface area contributed by atoms with E-state index in [1.165, 1.54) is 8.27 Å². The zero-order valence-corrected chi connectivity index (χ0v) is 59.4. The van der Waals surface area contributed by atoms with Gasteiger partial charge in [0.1, 0.15) is 6.54 Å². The number of carboxylic acids is 3. The minimum Gasteiger partial charge on any atom is -1.00 e. The minimum atomic E-state index is -0.883. The van der Waals surface area contributed by atoms with E-state index in [9.17, 15) is 28.8 Å². The van der Waals surface area contributed by atoms with Crippen molar-refractivity contribution < 1.29 is 223 Å². The SMILES string of the molecule is CC1C/C(=C\c2ccc(N(C)C[C-]=O)cc2)C(=O)/C(=C/c2ccc(N(C)CC(=O)O)cc2)C1.CN(CCC(=O)O)c1ccc(/C=C2\CC/C(=C\c3ccc(N(C)CCC(=O)O)cc3)C2=O)cc1.C[P-]P.[H-].[H-].[H-].[K+].[Na+].[Na+].[Na+].[Na+].[OH-]. The molecular weight excluding hydrogens is 1070 g/mol. The maximum absolute atomic E-state index is 13.2. The van der Waals surface area contributed by atoms with Gasteiger partial charge in [0.2, 0.25) is 0 Å². The standard InChI is InChI=1S/C27H30N2O5.C27H29N2O4.CH5P2.K.4Na.H2O.3H/c1-28(15-13-25(30)31)23-9-3-19(4-10-23)17-21-7-8-22(27(21)34)18-20-5-11-24(12-6-20)29(2)16-14-26(32)33;1-19-14-22(16-20-4-8-24(9-5-20)28(2)12-13-30)27(33)23(15-19)17-21-6-10-25(11-7-21)29(3)18-26(31)32;1-3-2;;;;;;;;;/h3-6,9-12,17-18H,7-8,13-16H2,1-2H3,(H,30,31)(H,32,33);4-11,16-17,19H,12,14-15,18H2,1-3H3,(H,31,32);2H2,1H3;;;;;;1H2;;;/q;2*-1;5*+1;;3*-1/p-1/b21-17+,22-18+;22-16+,23-17+;;;;;;;;;;. The second-order valence-electron chi connectivity index (χ2n) is 17.4. The molecule has 2 saturated carbocycles. The minimum absolute atomic E-state index is 0. The molecule has 0 bridgehead atoms. The zero-order valence-electron chi connectivity index (χ0n) is 49.2. The van der Waals surface area contributed by atoms with Crippen LogP contribution in [0.2, 0.25) is 0 Å². The van der Waals surface area contributed by atoms with Crippen molar-refractivity contribution in [1.82, 2.24) is 0 Å². The predicted octanol–water partition coefficient (Wildman–Crippen LogP) is -4.91. The van der Waals surface area contributed by atoms with Crippen LogP contribution in [0.4, 0.5) is 22.7 Å². The van der Waals surface area contributed by atoms with E-state index in [2.05, 4.69) is 22.5 Å². The van der Waals surface area contributed by atoms with E-state index in [1.54, 1.807) is 11.9 Å². The van der Waals surface area contributed by atoms with Crippen molar-refractivity contribution in [3.63, 3.8) is 0 Å². The first-order valence-corrected chi connectivity index (χ1v) is 25.8. The van der Waals surface area contributed by atoms with Gasteiger partial charge in [-0.15, -0.1) is 0 Å². The predicted molar refractivity (Wildman–Crippen MR) is 294 cm³/mol. The molecule has 0 radical (unpaired) electrons. The molecule has 2 aliphatic carbocycles. The average Bonchev–Trinajstić information content (AvgIpc) is 3.66. The van der Waals surface area contributed by atoms with Crippen molar-refractivity contribution >= 4 is 100 Å². The number of hydrogen-bond donors (Lipinski definition) is 3. The van der Waals surface area contributed by atoms with Gasteiger partial charge in [-0.1, -0.05) is 62.0 Å². The fourth-order valence-corrected chi connectivity index (χ4v) is 7.81. The summed E-state index contributed by atoms with van der Waals surface area (Å²) in [6.45, 7) is 5.21. The largest absolute Gasteiger partial charge is 1.00 e. The fraction of sp³-hybridized carbons (Fsp3) is 0.309. The number of carbonyl (C=O) groups is 5. The van der Waals surface area contributed by atoms with Gasteiger partial charge in [0.25, 0.3) is 0 Å². The van der Waals surface area contributed by atoms with Crippen LogP contribution in [0.1, 0.15) is 72.0 Å².